The van der Waals surface area contributed by atoms with Gasteiger partial charge in [-0.05, 0) is 80.1 Å². The molecule has 6 nitrogen and oxygen atoms in total. The summed E-state index contributed by atoms with van der Waals surface area (Å²) in [5.74, 6) is 1.78. The fourth-order valence-corrected chi connectivity index (χ4v) is 4.74. The zero-order chi connectivity index (χ0) is 30.1. The molecule has 2 atom stereocenters. The Labute approximate surface area is 237 Å². The van der Waals surface area contributed by atoms with Crippen molar-refractivity contribution in [2.45, 2.75) is 153 Å². The summed E-state index contributed by atoms with van der Waals surface area (Å²) in [5.41, 5.74) is -0.115. The molecule has 0 saturated carbocycles. The summed E-state index contributed by atoms with van der Waals surface area (Å²) >= 11 is 0. The first-order chi connectivity index (χ1) is 17.4. The monoisotopic (exact) mass is 546 g/mol. The maximum Gasteiger partial charge on any atom is 0.141 e. The van der Waals surface area contributed by atoms with Crippen molar-refractivity contribution in [2.75, 3.05) is 26.4 Å². The number of rotatable bonds is 20. The summed E-state index contributed by atoms with van der Waals surface area (Å²) in [6.07, 6.45) is 2.56. The van der Waals surface area contributed by atoms with E-state index in [1.165, 1.54) is 0 Å². The van der Waals surface area contributed by atoms with Crippen molar-refractivity contribution in [3.05, 3.63) is 0 Å². The Morgan fingerprint density at radius 1 is 0.553 bits per heavy atom. The van der Waals surface area contributed by atoms with Crippen LogP contribution in [0.5, 0.6) is 0 Å². The highest BCUT2D eigenvalue weighted by atomic mass is 16.6. The quantitative estimate of drug-likeness (QED) is 0.156. The maximum absolute atomic E-state index is 12.2. The van der Waals surface area contributed by atoms with Crippen LogP contribution in [0.2, 0.25) is 0 Å². The largest absolute Gasteiger partial charge is 0.376 e. The van der Waals surface area contributed by atoms with Gasteiger partial charge in [-0.15, -0.1) is 0 Å². The lowest BCUT2D eigenvalue weighted by Gasteiger charge is -2.33. The Morgan fingerprint density at radius 2 is 0.895 bits per heavy atom. The van der Waals surface area contributed by atoms with E-state index in [-0.39, 0.29) is 48.0 Å². The van der Waals surface area contributed by atoms with Crippen molar-refractivity contribution >= 4 is 5.78 Å². The highest BCUT2D eigenvalue weighted by Crippen LogP contribution is 2.36. The molecule has 0 heterocycles. The molecule has 0 radical (unpaired) electrons. The van der Waals surface area contributed by atoms with Crippen LogP contribution in [0.15, 0.2) is 0 Å². The average molecular weight is 547 g/mol. The third-order valence-corrected chi connectivity index (χ3v) is 5.60. The fraction of sp³-hybridized carbons (Fsp3) is 0.969. The Hall–Kier alpha value is -0.530. The molecule has 0 fully saturated rings. The van der Waals surface area contributed by atoms with E-state index in [0.717, 1.165) is 12.8 Å². The van der Waals surface area contributed by atoms with Crippen LogP contribution in [-0.2, 0) is 28.5 Å². The van der Waals surface area contributed by atoms with Gasteiger partial charge >= 0.3 is 0 Å². The first-order valence-corrected chi connectivity index (χ1v) is 15.1. The second-order valence-electron chi connectivity index (χ2n) is 13.2. The summed E-state index contributed by atoms with van der Waals surface area (Å²) in [4.78, 5) is 12.2. The molecule has 0 aromatic rings. The predicted octanol–water partition coefficient (Wildman–Crippen LogP) is 7.75. The minimum absolute atomic E-state index is 0.0666. The molecule has 0 aliphatic rings. The van der Waals surface area contributed by atoms with E-state index < -0.39 is 0 Å². The Morgan fingerprint density at radius 3 is 1.13 bits per heavy atom. The molecule has 2 unspecified atom stereocenters. The van der Waals surface area contributed by atoms with Gasteiger partial charge in [-0.3, -0.25) is 4.79 Å². The molecule has 6 heteroatoms. The van der Waals surface area contributed by atoms with Gasteiger partial charge < -0.3 is 23.7 Å². The van der Waals surface area contributed by atoms with Crippen LogP contribution in [0.3, 0.4) is 0 Å². The molecule has 0 aromatic heterocycles. The normalized spacial score (nSPS) is 14.3. The summed E-state index contributed by atoms with van der Waals surface area (Å²) in [5, 5.41) is 0. The van der Waals surface area contributed by atoms with Crippen molar-refractivity contribution in [3.63, 3.8) is 0 Å². The number of ketones is 1. The van der Waals surface area contributed by atoms with Crippen LogP contribution in [0, 0.1) is 23.2 Å². The molecule has 230 valence electrons. The molecule has 0 saturated heterocycles. The molecule has 0 amide bonds. The molecule has 0 spiro atoms. The van der Waals surface area contributed by atoms with Gasteiger partial charge in [0.05, 0.1) is 50.8 Å². The predicted molar refractivity (Wildman–Crippen MR) is 160 cm³/mol. The summed E-state index contributed by atoms with van der Waals surface area (Å²) in [6.45, 7) is 33.2. The topological polar surface area (TPSA) is 63.2 Å². The van der Waals surface area contributed by atoms with Crippen molar-refractivity contribution in [1.29, 1.82) is 0 Å². The minimum Gasteiger partial charge on any atom is -0.376 e. The maximum atomic E-state index is 12.2. The van der Waals surface area contributed by atoms with Crippen molar-refractivity contribution in [3.8, 4) is 0 Å². The molecule has 0 aliphatic carbocycles. The zero-order valence-corrected chi connectivity index (χ0v) is 27.9. The fourth-order valence-electron chi connectivity index (χ4n) is 4.74. The van der Waals surface area contributed by atoms with Crippen LogP contribution >= 0.6 is 0 Å². The van der Waals surface area contributed by atoms with Gasteiger partial charge in [-0.25, -0.2) is 0 Å². The van der Waals surface area contributed by atoms with Gasteiger partial charge in [-0.2, -0.15) is 0 Å². The van der Waals surface area contributed by atoms with E-state index in [2.05, 4.69) is 34.6 Å². The minimum atomic E-state index is -0.115. The Balaban J connectivity index is 0. The van der Waals surface area contributed by atoms with E-state index in [4.69, 9.17) is 23.7 Å². The molecule has 0 aromatic carbocycles. The molecular formula is C32H66O6. The van der Waals surface area contributed by atoms with Crippen molar-refractivity contribution < 1.29 is 28.5 Å². The lowest BCUT2D eigenvalue weighted by Crippen LogP contribution is -2.34. The lowest BCUT2D eigenvalue weighted by molar-refractivity contribution is -0.133. The molecule has 0 N–H and O–H groups in total. The van der Waals surface area contributed by atoms with Gasteiger partial charge in [0.15, 0.2) is 0 Å². The van der Waals surface area contributed by atoms with Gasteiger partial charge in [0.2, 0.25) is 0 Å². The van der Waals surface area contributed by atoms with E-state index in [9.17, 15) is 4.79 Å². The number of carbonyl (C=O) groups is 1. The number of ether oxygens (including phenoxy) is 5. The number of carbonyl (C=O) groups excluding carboxylic acids is 1. The first-order valence-electron chi connectivity index (χ1n) is 15.1. The van der Waals surface area contributed by atoms with Crippen LogP contribution in [0.25, 0.3) is 0 Å². The first kappa shape index (κ1) is 39.6. The highest BCUT2D eigenvalue weighted by Gasteiger charge is 2.35. The van der Waals surface area contributed by atoms with Crippen LogP contribution in [0.1, 0.15) is 117 Å². The molecule has 0 rings (SSSR count). The Bertz CT molecular complexity index is 532. The highest BCUT2D eigenvalue weighted by molar-refractivity contribution is 5.86. The molecular weight excluding hydrogens is 480 g/mol. The number of hydrogen-bond acceptors (Lipinski definition) is 6. The van der Waals surface area contributed by atoms with Crippen LogP contribution < -0.4 is 0 Å². The van der Waals surface area contributed by atoms with Gasteiger partial charge in [0.25, 0.3) is 0 Å². The molecule has 38 heavy (non-hydrogen) atoms. The second-order valence-corrected chi connectivity index (χ2v) is 13.2. The van der Waals surface area contributed by atoms with E-state index >= 15 is 0 Å². The number of hydrogen-bond donors (Lipinski definition) is 0. The van der Waals surface area contributed by atoms with E-state index in [1.807, 2.05) is 69.2 Å². The van der Waals surface area contributed by atoms with Gasteiger partial charge in [-0.1, -0.05) is 48.5 Å². The lowest BCUT2D eigenvalue weighted by atomic mass is 9.70. The third kappa shape index (κ3) is 22.3. The zero-order valence-electron chi connectivity index (χ0n) is 27.9. The number of Topliss-reactive ketones (excluding diaryl/α,β-unsaturated/α-hetero) is 1. The van der Waals surface area contributed by atoms with E-state index in [1.54, 1.807) is 0 Å². The molecule has 0 aliphatic heterocycles. The van der Waals surface area contributed by atoms with Gasteiger partial charge in [0.1, 0.15) is 18.0 Å². The van der Waals surface area contributed by atoms with Crippen molar-refractivity contribution in [1.82, 2.24) is 0 Å². The van der Waals surface area contributed by atoms with Crippen molar-refractivity contribution in [2.24, 2.45) is 23.2 Å². The summed E-state index contributed by atoms with van der Waals surface area (Å²) in [7, 11) is 0. The summed E-state index contributed by atoms with van der Waals surface area (Å²) in [6, 6.07) is 0. The van der Waals surface area contributed by atoms with E-state index in [0.29, 0.717) is 44.0 Å². The Kier molecular flexibility index (Phi) is 22.1. The van der Waals surface area contributed by atoms with Crippen LogP contribution in [-0.4, -0.2) is 68.8 Å². The standard InChI is InChI=1S/C18H38O5.C14H28O/c1-13(2)20-11-17(22-15(5)6)9-19-10-18(23-16(7)8)12-21-14(3)4;1-10(2)8-14(7,9-11(3)4)13(15)12(5)6/h13-18H,9-12H2,1-8H3;10-12H,8-9H2,1-7H3. The summed E-state index contributed by atoms with van der Waals surface area (Å²) < 4.78 is 28.8. The van der Waals surface area contributed by atoms with Crippen LogP contribution in [0.4, 0.5) is 0 Å². The SMILES string of the molecule is CC(C)CC(C)(CC(C)C)C(=O)C(C)C.CC(C)OCC(COCC(COC(C)C)OC(C)C)OC(C)C. The van der Waals surface area contributed by atoms with Gasteiger partial charge in [0, 0.05) is 11.3 Å². The smallest absolute Gasteiger partial charge is 0.141 e. The second kappa shape index (κ2) is 21.2. The average Bonchev–Trinajstić information content (AvgIpc) is 2.73. The third-order valence-electron chi connectivity index (χ3n) is 5.60. The molecule has 0 bridgehead atoms.